The lowest BCUT2D eigenvalue weighted by Crippen LogP contribution is -2.27. The smallest absolute Gasteiger partial charge is 0.338 e. The molecule has 0 amide bonds. The van der Waals surface area contributed by atoms with E-state index in [0.29, 0.717) is 24.3 Å². The summed E-state index contributed by atoms with van der Waals surface area (Å²) in [6.07, 6.45) is 37.5. The van der Waals surface area contributed by atoms with Gasteiger partial charge in [-0.1, -0.05) is 182 Å². The Morgan fingerprint density at radius 3 is 0.870 bits per heavy atom. The average Bonchev–Trinajstić information content (AvgIpc) is 3.19. The van der Waals surface area contributed by atoms with Crippen molar-refractivity contribution in [3.8, 4) is 0 Å². The summed E-state index contributed by atoms with van der Waals surface area (Å²) in [4.78, 5) is 30.1. The highest BCUT2D eigenvalue weighted by atomic mass is 16.5. The molecule has 0 aliphatic carbocycles. The molecule has 0 saturated carbocycles. The Morgan fingerprint density at radius 2 is 0.611 bits per heavy atom. The van der Waals surface area contributed by atoms with Crippen molar-refractivity contribution in [2.45, 2.75) is 207 Å². The number of carbonyl (C=O) groups is 2. The Bertz CT molecular complexity index is 891. The summed E-state index contributed by atoms with van der Waals surface area (Å²) in [6.45, 7) is 16.0. The number of nitrogens with zero attached hydrogens (tertiary/aromatic N) is 2. The summed E-state index contributed by atoms with van der Waals surface area (Å²) >= 11 is 0. The third-order valence-corrected chi connectivity index (χ3v) is 11.1. The van der Waals surface area contributed by atoms with Gasteiger partial charge in [-0.25, -0.2) is 9.59 Å². The van der Waals surface area contributed by atoms with Crippen LogP contribution in [0.2, 0.25) is 0 Å². The molecule has 54 heavy (non-hydrogen) atoms. The molecule has 0 saturated heterocycles. The second kappa shape index (κ2) is 38.0. The van der Waals surface area contributed by atoms with Crippen LogP contribution >= 0.6 is 0 Å². The lowest BCUT2D eigenvalue weighted by molar-refractivity contribution is 0.0474. The largest absolute Gasteiger partial charge is 0.462 e. The summed E-state index contributed by atoms with van der Waals surface area (Å²) in [6, 6.07) is 6.67. The van der Waals surface area contributed by atoms with Gasteiger partial charge in [-0.05, 0) is 76.1 Å². The lowest BCUT2D eigenvalue weighted by Gasteiger charge is -2.20. The highest BCUT2D eigenvalue weighted by molar-refractivity contribution is 5.93. The van der Waals surface area contributed by atoms with Crippen LogP contribution < -0.4 is 0 Å². The van der Waals surface area contributed by atoms with Crippen molar-refractivity contribution in [3.63, 3.8) is 0 Å². The topological polar surface area (TPSA) is 59.1 Å². The maximum Gasteiger partial charge on any atom is 0.338 e. The predicted octanol–water partition coefficient (Wildman–Crippen LogP) is 13.6. The van der Waals surface area contributed by atoms with E-state index in [1.807, 2.05) is 0 Å². The van der Waals surface area contributed by atoms with Gasteiger partial charge in [-0.3, -0.25) is 0 Å². The van der Waals surface area contributed by atoms with Crippen molar-refractivity contribution in [2.24, 2.45) is 0 Å². The van der Waals surface area contributed by atoms with Gasteiger partial charge in [-0.2, -0.15) is 0 Å². The molecule has 0 N–H and O–H groups in total. The van der Waals surface area contributed by atoms with Crippen LogP contribution in [0, 0.1) is 0 Å². The molecule has 1 rings (SSSR count). The van der Waals surface area contributed by atoms with E-state index in [2.05, 4.69) is 37.5 Å². The summed E-state index contributed by atoms with van der Waals surface area (Å²) in [5.74, 6) is -0.671. The fourth-order valence-electron chi connectivity index (χ4n) is 7.38. The Morgan fingerprint density at radius 1 is 0.370 bits per heavy atom. The van der Waals surface area contributed by atoms with E-state index in [1.165, 1.54) is 167 Å². The molecule has 0 heterocycles. The molecule has 1 aromatic rings. The fraction of sp³-hybridized carbons (Fsp3) is 0.833. The zero-order valence-electron chi connectivity index (χ0n) is 36.3. The number of unbranched alkanes of at least 4 members (excludes halogenated alkanes) is 24. The van der Waals surface area contributed by atoms with Gasteiger partial charge in [0.1, 0.15) is 0 Å². The molecule has 0 aliphatic heterocycles. The highest BCUT2D eigenvalue weighted by Gasteiger charge is 2.12. The van der Waals surface area contributed by atoms with Crippen LogP contribution in [0.5, 0.6) is 0 Å². The van der Waals surface area contributed by atoms with Gasteiger partial charge in [0.2, 0.25) is 0 Å². The van der Waals surface area contributed by atoms with Crippen LogP contribution in [0.3, 0.4) is 0 Å². The minimum Gasteiger partial charge on any atom is -0.462 e. The molecule has 0 radical (unpaired) electrons. The molecule has 314 valence electrons. The number of esters is 2. The van der Waals surface area contributed by atoms with Gasteiger partial charge in [0.15, 0.2) is 0 Å². The summed E-state index contributed by atoms with van der Waals surface area (Å²) in [7, 11) is 0. The Kier molecular flexibility index (Phi) is 35.2. The molecular weight excluding hydrogens is 669 g/mol. The van der Waals surface area contributed by atoms with Crippen LogP contribution in [0.15, 0.2) is 24.3 Å². The van der Waals surface area contributed by atoms with E-state index < -0.39 is 0 Å². The molecule has 0 spiro atoms. The number of hydrogen-bond donors (Lipinski definition) is 0. The number of hydrogen-bond acceptors (Lipinski definition) is 6. The second-order valence-electron chi connectivity index (χ2n) is 15.9. The summed E-state index contributed by atoms with van der Waals surface area (Å²) < 4.78 is 11.1. The Hall–Kier alpha value is -1.92. The normalized spacial score (nSPS) is 11.5. The first-order chi connectivity index (χ1) is 26.5. The van der Waals surface area contributed by atoms with Crippen molar-refractivity contribution in [3.05, 3.63) is 35.4 Å². The minimum absolute atomic E-state index is 0.336. The SMILES string of the molecule is CCCCCCCCCCCCCCCN(CC)CCCOC(=O)c1ccc(C(=O)OCCCN(CC)CCCCCCCCCCCCCCC)cc1. The third kappa shape index (κ3) is 29.4. The molecule has 6 nitrogen and oxygen atoms in total. The first-order valence-corrected chi connectivity index (χ1v) is 23.4. The molecule has 0 atom stereocenters. The van der Waals surface area contributed by atoms with Crippen LogP contribution in [-0.4, -0.2) is 74.2 Å². The molecule has 1 aromatic carbocycles. The standard InChI is InChI=1S/C48H88N2O4/c1-5-9-11-13-15-17-19-21-23-25-27-29-31-39-49(7-3)41-33-43-53-47(51)45-35-37-46(38-36-45)48(52)54-44-34-42-50(8-4)40-32-30-28-26-24-22-20-18-16-14-12-10-6-2/h35-38H,5-34,39-44H2,1-4H3. The van der Waals surface area contributed by atoms with Crippen LogP contribution in [0.1, 0.15) is 228 Å². The van der Waals surface area contributed by atoms with Gasteiger partial charge in [-0.15, -0.1) is 0 Å². The Balaban J connectivity index is 2.07. The molecule has 0 bridgehead atoms. The van der Waals surface area contributed by atoms with E-state index in [0.717, 1.165) is 52.1 Å². The van der Waals surface area contributed by atoms with E-state index >= 15 is 0 Å². The number of ether oxygens (including phenoxy) is 2. The monoisotopic (exact) mass is 757 g/mol. The van der Waals surface area contributed by atoms with Crippen molar-refractivity contribution in [1.82, 2.24) is 9.80 Å². The van der Waals surface area contributed by atoms with Crippen LogP contribution in [0.25, 0.3) is 0 Å². The van der Waals surface area contributed by atoms with Crippen molar-refractivity contribution >= 4 is 11.9 Å². The average molecular weight is 757 g/mol. The van der Waals surface area contributed by atoms with E-state index in [-0.39, 0.29) is 11.9 Å². The molecule has 0 aromatic heterocycles. The van der Waals surface area contributed by atoms with E-state index in [4.69, 9.17) is 9.47 Å². The van der Waals surface area contributed by atoms with E-state index in [1.54, 1.807) is 24.3 Å². The first-order valence-electron chi connectivity index (χ1n) is 23.4. The quantitative estimate of drug-likeness (QED) is 0.0491. The van der Waals surface area contributed by atoms with Crippen LogP contribution in [-0.2, 0) is 9.47 Å². The van der Waals surface area contributed by atoms with Gasteiger partial charge in [0.05, 0.1) is 24.3 Å². The summed E-state index contributed by atoms with van der Waals surface area (Å²) in [5.41, 5.74) is 0.940. The molecular formula is C48H88N2O4. The van der Waals surface area contributed by atoms with Crippen molar-refractivity contribution < 1.29 is 19.1 Å². The first kappa shape index (κ1) is 50.1. The van der Waals surface area contributed by atoms with E-state index in [9.17, 15) is 9.59 Å². The maximum atomic E-state index is 12.6. The molecule has 0 fully saturated rings. The second-order valence-corrected chi connectivity index (χ2v) is 15.9. The molecule has 0 aliphatic rings. The van der Waals surface area contributed by atoms with Crippen molar-refractivity contribution in [2.75, 3.05) is 52.5 Å². The Labute approximate surface area is 335 Å². The lowest BCUT2D eigenvalue weighted by atomic mass is 10.0. The minimum atomic E-state index is -0.336. The van der Waals surface area contributed by atoms with Gasteiger partial charge in [0.25, 0.3) is 0 Å². The number of rotatable bonds is 40. The molecule has 6 heteroatoms. The maximum absolute atomic E-state index is 12.6. The van der Waals surface area contributed by atoms with Gasteiger partial charge < -0.3 is 19.3 Å². The fourth-order valence-corrected chi connectivity index (χ4v) is 7.38. The zero-order chi connectivity index (χ0) is 39.2. The predicted molar refractivity (Wildman–Crippen MR) is 232 cm³/mol. The number of carbonyl (C=O) groups excluding carboxylic acids is 2. The number of benzene rings is 1. The third-order valence-electron chi connectivity index (χ3n) is 11.1. The summed E-state index contributed by atoms with van der Waals surface area (Å²) in [5, 5.41) is 0. The van der Waals surface area contributed by atoms with Gasteiger partial charge in [0, 0.05) is 13.1 Å². The van der Waals surface area contributed by atoms with Gasteiger partial charge >= 0.3 is 11.9 Å². The molecule has 0 unspecified atom stereocenters. The van der Waals surface area contributed by atoms with Crippen LogP contribution in [0.4, 0.5) is 0 Å². The highest BCUT2D eigenvalue weighted by Crippen LogP contribution is 2.15. The van der Waals surface area contributed by atoms with Crippen molar-refractivity contribution in [1.29, 1.82) is 0 Å². The zero-order valence-corrected chi connectivity index (χ0v) is 36.3.